The van der Waals surface area contributed by atoms with Crippen LogP contribution in [0.25, 0.3) is 0 Å². The molecule has 3 N–H and O–H groups in total. The van der Waals surface area contributed by atoms with E-state index in [1.54, 1.807) is 0 Å². The fourth-order valence-electron chi connectivity index (χ4n) is 0.987. The molecule has 0 aliphatic rings. The van der Waals surface area contributed by atoms with Crippen molar-refractivity contribution in [1.29, 1.82) is 0 Å². The van der Waals surface area contributed by atoms with Gasteiger partial charge in [0.25, 0.3) is 0 Å². The predicted molar refractivity (Wildman–Crippen MR) is 49.5 cm³/mol. The largest absolute Gasteiger partial charge is 0.396 e. The van der Waals surface area contributed by atoms with Gasteiger partial charge in [-0.25, -0.2) is 8.78 Å². The quantitative estimate of drug-likeness (QED) is 0.696. The van der Waals surface area contributed by atoms with Crippen molar-refractivity contribution in [2.75, 3.05) is 11.1 Å². The molecule has 72 valence electrons. The third-order valence-corrected chi connectivity index (χ3v) is 1.53. The molecular formula is C9H12F2N2. The topological polar surface area (TPSA) is 38.0 Å². The molecule has 2 nitrogen and oxygen atoms in total. The van der Waals surface area contributed by atoms with Gasteiger partial charge in [-0.05, 0) is 19.9 Å². The van der Waals surface area contributed by atoms with Crippen LogP contribution < -0.4 is 11.1 Å². The molecule has 0 unspecified atom stereocenters. The lowest BCUT2D eigenvalue weighted by molar-refractivity contribution is 0.587. The van der Waals surface area contributed by atoms with E-state index in [9.17, 15) is 8.78 Å². The summed E-state index contributed by atoms with van der Waals surface area (Å²) in [6, 6.07) is 2.12. The van der Waals surface area contributed by atoms with Gasteiger partial charge in [-0.2, -0.15) is 0 Å². The molecule has 1 aromatic carbocycles. The summed E-state index contributed by atoms with van der Waals surface area (Å²) in [5.74, 6) is -1.35. The first-order chi connectivity index (χ1) is 6.00. The van der Waals surface area contributed by atoms with Gasteiger partial charge in [-0.15, -0.1) is 0 Å². The van der Waals surface area contributed by atoms with Gasteiger partial charge in [0, 0.05) is 12.1 Å². The van der Waals surface area contributed by atoms with Gasteiger partial charge in [0.2, 0.25) is 0 Å². The van der Waals surface area contributed by atoms with Crippen molar-refractivity contribution in [3.05, 3.63) is 23.8 Å². The number of hydrogen-bond acceptors (Lipinski definition) is 2. The molecule has 1 rings (SSSR count). The van der Waals surface area contributed by atoms with E-state index in [1.807, 2.05) is 13.8 Å². The van der Waals surface area contributed by atoms with Gasteiger partial charge in [0.15, 0.2) is 0 Å². The summed E-state index contributed by atoms with van der Waals surface area (Å²) < 4.78 is 25.7. The molecule has 0 atom stereocenters. The standard InChI is InChI=1S/C9H12F2N2/c1-5(2)13-9-4-8(12)6(10)3-7(9)11/h3-5,13H,12H2,1-2H3. The third-order valence-electron chi connectivity index (χ3n) is 1.53. The zero-order valence-electron chi connectivity index (χ0n) is 7.57. The fourth-order valence-corrected chi connectivity index (χ4v) is 0.987. The third kappa shape index (κ3) is 2.31. The van der Waals surface area contributed by atoms with Crippen LogP contribution >= 0.6 is 0 Å². The average Bonchev–Trinajstić information content (AvgIpc) is 1.99. The fraction of sp³-hybridized carbons (Fsp3) is 0.333. The highest BCUT2D eigenvalue weighted by molar-refractivity contribution is 5.56. The molecule has 0 amide bonds. The van der Waals surface area contributed by atoms with Crippen LogP contribution in [0.2, 0.25) is 0 Å². The predicted octanol–water partition coefficient (Wildman–Crippen LogP) is 2.37. The van der Waals surface area contributed by atoms with Crippen LogP contribution in [0.1, 0.15) is 13.8 Å². The minimum Gasteiger partial charge on any atom is -0.396 e. The van der Waals surface area contributed by atoms with Gasteiger partial charge in [-0.1, -0.05) is 0 Å². The maximum atomic E-state index is 13.0. The number of nitrogens with one attached hydrogen (secondary N) is 1. The number of nitrogens with two attached hydrogens (primary N) is 1. The van der Waals surface area contributed by atoms with Crippen molar-refractivity contribution < 1.29 is 8.78 Å². The van der Waals surface area contributed by atoms with E-state index in [1.165, 1.54) is 6.07 Å². The number of hydrogen-bond donors (Lipinski definition) is 2. The number of benzene rings is 1. The maximum Gasteiger partial charge on any atom is 0.149 e. The second-order valence-corrected chi connectivity index (χ2v) is 3.15. The summed E-state index contributed by atoms with van der Waals surface area (Å²) in [6.07, 6.45) is 0. The van der Waals surface area contributed by atoms with E-state index in [-0.39, 0.29) is 17.4 Å². The van der Waals surface area contributed by atoms with E-state index in [0.29, 0.717) is 0 Å². The van der Waals surface area contributed by atoms with Crippen LogP contribution in [0.4, 0.5) is 20.2 Å². The number of nitrogen functional groups attached to an aromatic ring is 1. The molecule has 0 spiro atoms. The Morgan fingerprint density at radius 3 is 2.38 bits per heavy atom. The Kier molecular flexibility index (Phi) is 2.70. The zero-order valence-corrected chi connectivity index (χ0v) is 7.57. The van der Waals surface area contributed by atoms with Gasteiger partial charge < -0.3 is 11.1 Å². The highest BCUT2D eigenvalue weighted by Gasteiger charge is 2.07. The first-order valence-corrected chi connectivity index (χ1v) is 4.01. The molecule has 0 aliphatic carbocycles. The molecule has 0 bridgehead atoms. The van der Waals surface area contributed by atoms with Crippen molar-refractivity contribution in [3.63, 3.8) is 0 Å². The minimum atomic E-state index is -0.730. The second-order valence-electron chi connectivity index (χ2n) is 3.15. The Balaban J connectivity index is 3.01. The van der Waals surface area contributed by atoms with E-state index < -0.39 is 11.6 Å². The first-order valence-electron chi connectivity index (χ1n) is 4.01. The maximum absolute atomic E-state index is 13.0. The Bertz CT molecular complexity index is 311. The van der Waals surface area contributed by atoms with Gasteiger partial charge in [0.1, 0.15) is 11.6 Å². The van der Waals surface area contributed by atoms with Crippen LogP contribution in [0.5, 0.6) is 0 Å². The lowest BCUT2D eigenvalue weighted by atomic mass is 10.2. The van der Waals surface area contributed by atoms with Crippen LogP contribution in [0, 0.1) is 11.6 Å². The molecule has 13 heavy (non-hydrogen) atoms. The van der Waals surface area contributed by atoms with E-state index in [4.69, 9.17) is 5.73 Å². The Hall–Kier alpha value is -1.32. The molecule has 4 heteroatoms. The highest BCUT2D eigenvalue weighted by atomic mass is 19.1. The lowest BCUT2D eigenvalue weighted by Gasteiger charge is -2.11. The normalized spacial score (nSPS) is 10.5. The van der Waals surface area contributed by atoms with Crippen molar-refractivity contribution in [2.45, 2.75) is 19.9 Å². The van der Waals surface area contributed by atoms with Gasteiger partial charge >= 0.3 is 0 Å². The second kappa shape index (κ2) is 3.60. The van der Waals surface area contributed by atoms with Gasteiger partial charge in [0.05, 0.1) is 11.4 Å². The minimum absolute atomic E-state index is 0.0513. The SMILES string of the molecule is CC(C)Nc1cc(N)c(F)cc1F. The molecular weight excluding hydrogens is 174 g/mol. The summed E-state index contributed by atoms with van der Waals surface area (Å²) in [7, 11) is 0. The lowest BCUT2D eigenvalue weighted by Crippen LogP contribution is -2.11. The monoisotopic (exact) mass is 186 g/mol. The molecule has 0 aromatic heterocycles. The van der Waals surface area contributed by atoms with Crippen LogP contribution in [0.15, 0.2) is 12.1 Å². The van der Waals surface area contributed by atoms with E-state index in [2.05, 4.69) is 5.32 Å². The molecule has 1 aromatic rings. The number of halogens is 2. The Morgan fingerprint density at radius 1 is 1.23 bits per heavy atom. The van der Waals surface area contributed by atoms with E-state index in [0.717, 1.165) is 6.07 Å². The molecule has 0 saturated carbocycles. The number of anilines is 2. The molecule has 0 saturated heterocycles. The summed E-state index contributed by atoms with van der Waals surface area (Å²) in [5, 5.41) is 2.82. The van der Waals surface area contributed by atoms with Crippen molar-refractivity contribution >= 4 is 11.4 Å². The molecule has 0 fully saturated rings. The zero-order chi connectivity index (χ0) is 10.0. The average molecular weight is 186 g/mol. The summed E-state index contributed by atoms with van der Waals surface area (Å²) in [6.45, 7) is 3.72. The van der Waals surface area contributed by atoms with Crippen LogP contribution in [0.3, 0.4) is 0 Å². The molecule has 0 heterocycles. The Morgan fingerprint density at radius 2 is 1.85 bits per heavy atom. The summed E-state index contributed by atoms with van der Waals surface area (Å²) in [5.41, 5.74) is 5.46. The van der Waals surface area contributed by atoms with Gasteiger partial charge in [-0.3, -0.25) is 0 Å². The van der Waals surface area contributed by atoms with Crippen LogP contribution in [-0.4, -0.2) is 6.04 Å². The molecule has 0 radical (unpaired) electrons. The van der Waals surface area contributed by atoms with E-state index >= 15 is 0 Å². The summed E-state index contributed by atoms with van der Waals surface area (Å²) >= 11 is 0. The first kappa shape index (κ1) is 9.77. The highest BCUT2D eigenvalue weighted by Crippen LogP contribution is 2.21. The van der Waals surface area contributed by atoms with Crippen LogP contribution in [-0.2, 0) is 0 Å². The van der Waals surface area contributed by atoms with Crippen molar-refractivity contribution in [1.82, 2.24) is 0 Å². The van der Waals surface area contributed by atoms with Crippen molar-refractivity contribution in [3.8, 4) is 0 Å². The Labute approximate surface area is 75.7 Å². The number of rotatable bonds is 2. The summed E-state index contributed by atoms with van der Waals surface area (Å²) in [4.78, 5) is 0. The smallest absolute Gasteiger partial charge is 0.149 e. The van der Waals surface area contributed by atoms with Crippen molar-refractivity contribution in [2.24, 2.45) is 0 Å². The molecule has 0 aliphatic heterocycles.